The van der Waals surface area contributed by atoms with Gasteiger partial charge in [0.25, 0.3) is 0 Å². The van der Waals surface area contributed by atoms with Gasteiger partial charge >= 0.3 is 0 Å². The third-order valence-electron chi connectivity index (χ3n) is 5.18. The number of amides is 3. The van der Waals surface area contributed by atoms with Crippen molar-refractivity contribution in [3.05, 3.63) is 29.3 Å². The van der Waals surface area contributed by atoms with Gasteiger partial charge in [0.1, 0.15) is 6.29 Å². The van der Waals surface area contributed by atoms with E-state index >= 15 is 0 Å². The SMILES string of the molecule is CCCC(C(=O)NC=O)N(C)Cc1c(C=O)cccc1NC(=O)CCCCNCCCN. The first-order valence-corrected chi connectivity index (χ1v) is 11.2. The van der Waals surface area contributed by atoms with Crippen molar-refractivity contribution in [1.82, 2.24) is 15.5 Å². The van der Waals surface area contributed by atoms with Crippen molar-refractivity contribution in [2.45, 2.75) is 58.0 Å². The van der Waals surface area contributed by atoms with Crippen LogP contribution in [-0.2, 0) is 20.9 Å². The van der Waals surface area contributed by atoms with E-state index in [0.29, 0.717) is 42.6 Å². The summed E-state index contributed by atoms with van der Waals surface area (Å²) >= 11 is 0. The Morgan fingerprint density at radius 1 is 1.16 bits per heavy atom. The smallest absolute Gasteiger partial charge is 0.243 e. The molecule has 1 rings (SSSR count). The molecule has 0 saturated carbocycles. The number of imide groups is 1. The highest BCUT2D eigenvalue weighted by molar-refractivity contribution is 5.93. The van der Waals surface area contributed by atoms with Gasteiger partial charge in [0.05, 0.1) is 6.04 Å². The predicted molar refractivity (Wildman–Crippen MR) is 125 cm³/mol. The molecule has 0 spiro atoms. The highest BCUT2D eigenvalue weighted by Gasteiger charge is 2.24. The number of nitrogens with two attached hydrogens (primary N) is 1. The molecular weight excluding hydrogens is 410 g/mol. The Morgan fingerprint density at radius 2 is 1.91 bits per heavy atom. The fourth-order valence-corrected chi connectivity index (χ4v) is 3.45. The number of likely N-dealkylation sites (N-methyl/N-ethyl adjacent to an activating group) is 1. The highest BCUT2D eigenvalue weighted by atomic mass is 16.2. The molecule has 0 aliphatic carbocycles. The van der Waals surface area contributed by atoms with Crippen LogP contribution in [0.5, 0.6) is 0 Å². The molecule has 0 saturated heterocycles. The van der Waals surface area contributed by atoms with Gasteiger partial charge in [0, 0.05) is 29.8 Å². The van der Waals surface area contributed by atoms with Crippen LogP contribution < -0.4 is 21.7 Å². The van der Waals surface area contributed by atoms with Gasteiger partial charge in [0.2, 0.25) is 18.2 Å². The molecule has 1 aromatic rings. The number of nitrogens with zero attached hydrogens (tertiary/aromatic N) is 1. The first-order chi connectivity index (χ1) is 15.5. The van der Waals surface area contributed by atoms with Crippen molar-refractivity contribution in [2.24, 2.45) is 5.73 Å². The van der Waals surface area contributed by atoms with Gasteiger partial charge in [-0.25, -0.2) is 0 Å². The lowest BCUT2D eigenvalue weighted by atomic mass is 10.0. The minimum Gasteiger partial charge on any atom is -0.330 e. The van der Waals surface area contributed by atoms with Crippen LogP contribution in [0.2, 0.25) is 0 Å². The Balaban J connectivity index is 2.79. The Bertz CT molecular complexity index is 741. The van der Waals surface area contributed by atoms with E-state index in [1.807, 2.05) is 6.92 Å². The first kappa shape index (κ1) is 27.4. The molecular formula is C23H37N5O4. The summed E-state index contributed by atoms with van der Waals surface area (Å²) < 4.78 is 0. The third kappa shape index (κ3) is 9.67. The zero-order valence-corrected chi connectivity index (χ0v) is 19.2. The van der Waals surface area contributed by atoms with Gasteiger partial charge < -0.3 is 16.4 Å². The van der Waals surface area contributed by atoms with Gasteiger partial charge in [0.15, 0.2) is 0 Å². The Labute approximate surface area is 190 Å². The largest absolute Gasteiger partial charge is 0.330 e. The lowest BCUT2D eigenvalue weighted by Gasteiger charge is -2.27. The lowest BCUT2D eigenvalue weighted by molar-refractivity contribution is -0.129. The van der Waals surface area contributed by atoms with Crippen molar-refractivity contribution >= 4 is 30.2 Å². The van der Waals surface area contributed by atoms with Crippen molar-refractivity contribution in [3.8, 4) is 0 Å². The topological polar surface area (TPSA) is 134 Å². The fraction of sp³-hybridized carbons (Fsp3) is 0.565. The summed E-state index contributed by atoms with van der Waals surface area (Å²) in [7, 11) is 1.76. The zero-order valence-electron chi connectivity index (χ0n) is 19.2. The molecule has 1 aromatic carbocycles. The maximum absolute atomic E-state index is 12.5. The van der Waals surface area contributed by atoms with Crippen LogP contribution in [-0.4, -0.2) is 62.1 Å². The zero-order chi connectivity index (χ0) is 23.8. The average molecular weight is 448 g/mol. The summed E-state index contributed by atoms with van der Waals surface area (Å²) in [6.07, 6.45) is 5.35. The summed E-state index contributed by atoms with van der Waals surface area (Å²) in [4.78, 5) is 48.9. The van der Waals surface area contributed by atoms with Crippen LogP contribution in [0.15, 0.2) is 18.2 Å². The second-order valence-electron chi connectivity index (χ2n) is 7.73. The fourth-order valence-electron chi connectivity index (χ4n) is 3.45. The molecule has 178 valence electrons. The molecule has 3 amide bonds. The number of anilines is 1. The van der Waals surface area contributed by atoms with Crippen LogP contribution in [0.1, 0.15) is 61.4 Å². The van der Waals surface area contributed by atoms with Gasteiger partial charge in [-0.05, 0) is 58.4 Å². The third-order valence-corrected chi connectivity index (χ3v) is 5.18. The lowest BCUT2D eigenvalue weighted by Crippen LogP contribution is -2.44. The molecule has 1 unspecified atom stereocenters. The van der Waals surface area contributed by atoms with Crippen molar-refractivity contribution < 1.29 is 19.2 Å². The number of nitrogens with one attached hydrogen (secondary N) is 3. The molecule has 0 radical (unpaired) electrons. The quantitative estimate of drug-likeness (QED) is 0.210. The van der Waals surface area contributed by atoms with Crippen LogP contribution >= 0.6 is 0 Å². The number of aldehydes is 1. The minimum atomic E-state index is -0.528. The number of hydrogen-bond donors (Lipinski definition) is 4. The number of hydrogen-bond acceptors (Lipinski definition) is 7. The Kier molecular flexibility index (Phi) is 13.8. The van der Waals surface area contributed by atoms with Gasteiger partial charge in [-0.3, -0.25) is 29.4 Å². The maximum atomic E-state index is 12.5. The molecule has 0 fully saturated rings. The van der Waals surface area contributed by atoms with Gasteiger partial charge in [-0.2, -0.15) is 0 Å². The molecule has 0 aliphatic heterocycles. The molecule has 1 atom stereocenters. The number of carbonyl (C=O) groups excluding carboxylic acids is 4. The molecule has 9 heteroatoms. The number of benzene rings is 1. The Morgan fingerprint density at radius 3 is 2.56 bits per heavy atom. The van der Waals surface area contributed by atoms with Crippen LogP contribution in [0.3, 0.4) is 0 Å². The molecule has 0 bridgehead atoms. The average Bonchev–Trinajstić information content (AvgIpc) is 2.77. The van der Waals surface area contributed by atoms with Crippen LogP contribution in [0.25, 0.3) is 0 Å². The van der Waals surface area contributed by atoms with E-state index < -0.39 is 11.9 Å². The van der Waals surface area contributed by atoms with Crippen LogP contribution in [0, 0.1) is 0 Å². The van der Waals surface area contributed by atoms with E-state index in [9.17, 15) is 19.2 Å². The van der Waals surface area contributed by atoms with E-state index in [-0.39, 0.29) is 12.5 Å². The van der Waals surface area contributed by atoms with Gasteiger partial charge in [-0.15, -0.1) is 0 Å². The summed E-state index contributed by atoms with van der Waals surface area (Å²) in [5.41, 5.74) is 7.10. The molecule has 0 aromatic heterocycles. The number of unbranched alkanes of at least 4 members (excludes halogenated alkanes) is 1. The molecule has 5 N–H and O–H groups in total. The normalized spacial score (nSPS) is 11.8. The van der Waals surface area contributed by atoms with E-state index in [1.54, 1.807) is 30.1 Å². The van der Waals surface area contributed by atoms with E-state index in [1.165, 1.54) is 0 Å². The Hall–Kier alpha value is -2.62. The second-order valence-corrected chi connectivity index (χ2v) is 7.73. The first-order valence-electron chi connectivity index (χ1n) is 11.2. The summed E-state index contributed by atoms with van der Waals surface area (Å²) in [6.45, 7) is 4.60. The molecule has 0 aliphatic rings. The van der Waals surface area contributed by atoms with E-state index in [0.717, 1.165) is 45.1 Å². The predicted octanol–water partition coefficient (Wildman–Crippen LogP) is 1.42. The van der Waals surface area contributed by atoms with Crippen molar-refractivity contribution in [1.29, 1.82) is 0 Å². The number of carbonyl (C=O) groups is 4. The summed E-state index contributed by atoms with van der Waals surface area (Å²) in [5.74, 6) is -0.513. The molecule has 0 heterocycles. The molecule has 32 heavy (non-hydrogen) atoms. The van der Waals surface area contributed by atoms with Crippen molar-refractivity contribution in [2.75, 3.05) is 32.0 Å². The minimum absolute atomic E-state index is 0.122. The van der Waals surface area contributed by atoms with Gasteiger partial charge in [-0.1, -0.05) is 25.5 Å². The van der Waals surface area contributed by atoms with E-state index in [2.05, 4.69) is 16.0 Å². The molecule has 9 nitrogen and oxygen atoms in total. The summed E-state index contributed by atoms with van der Waals surface area (Å²) in [5, 5.41) is 8.40. The monoisotopic (exact) mass is 447 g/mol. The van der Waals surface area contributed by atoms with E-state index in [4.69, 9.17) is 5.73 Å². The maximum Gasteiger partial charge on any atom is 0.243 e. The van der Waals surface area contributed by atoms with Crippen molar-refractivity contribution in [3.63, 3.8) is 0 Å². The highest BCUT2D eigenvalue weighted by Crippen LogP contribution is 2.23. The van der Waals surface area contributed by atoms with Crippen LogP contribution in [0.4, 0.5) is 5.69 Å². The number of rotatable bonds is 17. The second kappa shape index (κ2) is 16.1. The standard InChI is InChI=1S/C23H37N5O4/c1-3-8-21(23(32)26-17-30)28(2)15-19-18(16-29)9-6-10-20(19)27-22(31)11-4-5-13-25-14-7-12-24/h6,9-10,16-17,21,25H,3-5,7-8,11-15,24H2,1-2H3,(H,27,31)(H,26,30,32). The summed E-state index contributed by atoms with van der Waals surface area (Å²) in [6, 6.07) is 4.62.